The maximum Gasteiger partial charge on any atom is 0.511 e. The Morgan fingerprint density at radius 3 is 2.41 bits per heavy atom. The molecule has 1 aliphatic rings. The number of aromatic nitrogens is 2. The Hall–Kier alpha value is -3.38. The van der Waals surface area contributed by atoms with E-state index in [9.17, 15) is 26.4 Å². The third-order valence-electron chi connectivity index (χ3n) is 5.29. The second-order valence-electron chi connectivity index (χ2n) is 7.64. The van der Waals surface area contributed by atoms with Crippen LogP contribution in [0.25, 0.3) is 11.3 Å². The number of benzene rings is 2. The first-order chi connectivity index (χ1) is 16.1. The minimum absolute atomic E-state index is 0.0255. The van der Waals surface area contributed by atoms with Gasteiger partial charge >= 0.3 is 21.6 Å². The topological polar surface area (TPSA) is 93.5 Å². The molecule has 8 nitrogen and oxygen atoms in total. The number of alkyl halides is 3. The molecule has 1 aromatic heterocycles. The highest BCUT2D eigenvalue weighted by Gasteiger charge is 2.50. The zero-order chi connectivity index (χ0) is 24.3. The predicted octanol–water partition coefficient (Wildman–Crippen LogP) is 3.64. The van der Waals surface area contributed by atoms with Crippen molar-refractivity contribution in [3.05, 3.63) is 77.5 Å². The second kappa shape index (κ2) is 9.47. The zero-order valence-corrected chi connectivity index (χ0v) is 18.6. The summed E-state index contributed by atoms with van der Waals surface area (Å²) in [4.78, 5) is 11.9. The van der Waals surface area contributed by atoms with Crippen LogP contribution >= 0.6 is 0 Å². The number of alkyl carbamates (subject to hydrolysis) is 1. The lowest BCUT2D eigenvalue weighted by atomic mass is 10.1. The van der Waals surface area contributed by atoms with Crippen molar-refractivity contribution < 1.29 is 31.1 Å². The fourth-order valence-corrected chi connectivity index (χ4v) is 4.39. The van der Waals surface area contributed by atoms with Crippen LogP contribution in [-0.4, -0.2) is 40.6 Å². The molecule has 3 aromatic rings. The van der Waals surface area contributed by atoms with Crippen LogP contribution in [0.5, 0.6) is 0 Å². The molecule has 180 valence electrons. The zero-order valence-electron chi connectivity index (χ0n) is 17.8. The van der Waals surface area contributed by atoms with E-state index < -0.39 is 28.2 Å². The highest BCUT2D eigenvalue weighted by atomic mass is 32.2. The highest BCUT2D eigenvalue weighted by molar-refractivity contribution is 7.89. The van der Waals surface area contributed by atoms with E-state index in [0.717, 1.165) is 11.1 Å². The molecule has 0 fully saturated rings. The number of nitrogens with zero attached hydrogens (tertiary/aromatic N) is 3. The smallest absolute Gasteiger partial charge is 0.445 e. The summed E-state index contributed by atoms with van der Waals surface area (Å²) in [5.41, 5.74) is -2.04. The molecule has 34 heavy (non-hydrogen) atoms. The predicted molar refractivity (Wildman–Crippen MR) is 117 cm³/mol. The van der Waals surface area contributed by atoms with Gasteiger partial charge in [0, 0.05) is 18.7 Å². The van der Waals surface area contributed by atoms with Gasteiger partial charge < -0.3 is 10.1 Å². The number of carbonyl (C=O) groups excluding carboxylic acids is 1. The van der Waals surface area contributed by atoms with Crippen LogP contribution < -0.4 is 5.32 Å². The fourth-order valence-electron chi connectivity index (χ4n) is 3.48. The van der Waals surface area contributed by atoms with Gasteiger partial charge in [0.05, 0.1) is 24.5 Å². The van der Waals surface area contributed by atoms with Crippen LogP contribution in [0.3, 0.4) is 0 Å². The molecule has 0 bridgehead atoms. The first-order valence-electron chi connectivity index (χ1n) is 10.3. The number of halogens is 3. The molecule has 0 radical (unpaired) electrons. The average molecular weight is 494 g/mol. The number of hydrogen-bond donors (Lipinski definition) is 1. The van der Waals surface area contributed by atoms with Gasteiger partial charge in [-0.25, -0.2) is 13.2 Å². The third kappa shape index (κ3) is 5.23. The first kappa shape index (κ1) is 23.8. The first-order valence-corrected chi connectivity index (χ1v) is 11.7. The standard InChI is InChI=1S/C22H21F3N4O4S/c23-22(24,25)34(31,32)28-10-11-29-19(14-28)12-20(27-29)18-8-6-16(7-9-18)13-26-21(30)33-15-17-4-2-1-3-5-17/h1-9,12H,10-11,13-15H2,(H,26,30). The van der Waals surface area contributed by atoms with Crippen molar-refractivity contribution >= 4 is 16.1 Å². The molecule has 0 spiro atoms. The SMILES string of the molecule is O=C(NCc1ccc(-c2cc3n(n2)CCN(S(=O)(=O)C(F)(F)F)C3)cc1)OCc1ccccc1. The third-order valence-corrected chi connectivity index (χ3v) is 6.87. The monoisotopic (exact) mass is 494 g/mol. The van der Waals surface area contributed by atoms with Crippen molar-refractivity contribution in [2.45, 2.75) is 31.7 Å². The lowest BCUT2D eigenvalue weighted by Gasteiger charge is -2.27. The molecule has 0 aliphatic carbocycles. The summed E-state index contributed by atoms with van der Waals surface area (Å²) in [6.07, 6.45) is -0.548. The summed E-state index contributed by atoms with van der Waals surface area (Å²) in [5.74, 6) is 0. The maximum atomic E-state index is 12.8. The second-order valence-corrected chi connectivity index (χ2v) is 9.57. The van der Waals surface area contributed by atoms with Gasteiger partial charge in [-0.3, -0.25) is 4.68 Å². The van der Waals surface area contributed by atoms with E-state index in [0.29, 0.717) is 21.3 Å². The highest BCUT2D eigenvalue weighted by Crippen LogP contribution is 2.30. The molecular weight excluding hydrogens is 473 g/mol. The van der Waals surface area contributed by atoms with Gasteiger partial charge in [-0.2, -0.15) is 22.6 Å². The van der Waals surface area contributed by atoms with Gasteiger partial charge in [0.1, 0.15) is 6.61 Å². The number of sulfonamides is 1. The summed E-state index contributed by atoms with van der Waals surface area (Å²) in [6, 6.07) is 18.0. The number of amides is 1. The minimum atomic E-state index is -5.39. The maximum absolute atomic E-state index is 12.8. The van der Waals surface area contributed by atoms with Gasteiger partial charge in [0.25, 0.3) is 0 Å². The summed E-state index contributed by atoms with van der Waals surface area (Å²) in [6.45, 7) is -0.267. The normalized spacial score (nSPS) is 14.4. The van der Waals surface area contributed by atoms with Crippen LogP contribution in [-0.2, 0) is 41.0 Å². The number of fused-ring (bicyclic) bond motifs is 1. The summed E-state index contributed by atoms with van der Waals surface area (Å²) in [7, 11) is -5.39. The Balaban J connectivity index is 1.34. The van der Waals surface area contributed by atoms with Gasteiger partial charge in [0.2, 0.25) is 0 Å². The van der Waals surface area contributed by atoms with Crippen molar-refractivity contribution in [3.8, 4) is 11.3 Å². The molecular formula is C22H21F3N4O4S. The van der Waals surface area contributed by atoms with Gasteiger partial charge in [-0.1, -0.05) is 54.6 Å². The van der Waals surface area contributed by atoms with Crippen LogP contribution in [0, 0.1) is 0 Å². The summed E-state index contributed by atoms with van der Waals surface area (Å²) < 4.78 is 69.0. The van der Waals surface area contributed by atoms with E-state index in [1.807, 2.05) is 30.3 Å². The molecule has 0 saturated heterocycles. The number of ether oxygens (including phenoxy) is 1. The van der Waals surface area contributed by atoms with E-state index in [1.54, 1.807) is 30.3 Å². The van der Waals surface area contributed by atoms with E-state index in [-0.39, 0.29) is 26.2 Å². The van der Waals surface area contributed by atoms with Crippen LogP contribution in [0.2, 0.25) is 0 Å². The van der Waals surface area contributed by atoms with E-state index >= 15 is 0 Å². The molecule has 1 amide bonds. The molecule has 0 atom stereocenters. The van der Waals surface area contributed by atoms with Crippen molar-refractivity contribution in [2.75, 3.05) is 6.54 Å². The average Bonchev–Trinajstić information content (AvgIpc) is 3.25. The lowest BCUT2D eigenvalue weighted by molar-refractivity contribution is -0.0496. The van der Waals surface area contributed by atoms with Crippen LogP contribution in [0.15, 0.2) is 60.7 Å². The molecule has 4 rings (SSSR count). The minimum Gasteiger partial charge on any atom is -0.445 e. The van der Waals surface area contributed by atoms with Crippen LogP contribution in [0.1, 0.15) is 16.8 Å². The Labute approximate surface area is 194 Å². The van der Waals surface area contributed by atoms with Crippen molar-refractivity contribution in [2.24, 2.45) is 0 Å². The molecule has 0 saturated carbocycles. The number of carbonyl (C=O) groups is 1. The van der Waals surface area contributed by atoms with Crippen molar-refractivity contribution in [3.63, 3.8) is 0 Å². The number of rotatable bonds is 6. The Morgan fingerprint density at radius 1 is 1.03 bits per heavy atom. The van der Waals surface area contributed by atoms with Crippen LogP contribution in [0.4, 0.5) is 18.0 Å². The van der Waals surface area contributed by atoms with Crippen molar-refractivity contribution in [1.82, 2.24) is 19.4 Å². The Bertz CT molecular complexity index is 1260. The fraction of sp³-hybridized carbons (Fsp3) is 0.273. The molecule has 2 heterocycles. The molecule has 1 aliphatic heterocycles. The van der Waals surface area contributed by atoms with Crippen molar-refractivity contribution in [1.29, 1.82) is 0 Å². The summed E-state index contributed by atoms with van der Waals surface area (Å²) in [5, 5.41) is 7.05. The molecule has 12 heteroatoms. The number of hydrogen-bond acceptors (Lipinski definition) is 5. The van der Waals surface area contributed by atoms with Gasteiger partial charge in [-0.15, -0.1) is 0 Å². The Kier molecular flexibility index (Phi) is 6.62. The van der Waals surface area contributed by atoms with Gasteiger partial charge in [-0.05, 0) is 17.2 Å². The van der Waals surface area contributed by atoms with E-state index in [2.05, 4.69) is 10.4 Å². The molecule has 0 unspecified atom stereocenters. The van der Waals surface area contributed by atoms with E-state index in [4.69, 9.17) is 4.74 Å². The largest absolute Gasteiger partial charge is 0.511 e. The quantitative estimate of drug-likeness (QED) is 0.565. The molecule has 2 aromatic carbocycles. The lowest BCUT2D eigenvalue weighted by Crippen LogP contribution is -2.44. The number of nitrogens with one attached hydrogen (secondary N) is 1. The van der Waals surface area contributed by atoms with E-state index in [1.165, 1.54) is 4.68 Å². The Morgan fingerprint density at radius 2 is 1.74 bits per heavy atom. The molecule has 1 N–H and O–H groups in total. The van der Waals surface area contributed by atoms with Gasteiger partial charge in [0.15, 0.2) is 0 Å². The summed E-state index contributed by atoms with van der Waals surface area (Å²) >= 11 is 0.